The van der Waals surface area contributed by atoms with Crippen molar-refractivity contribution < 1.29 is 18.7 Å². The Morgan fingerprint density at radius 1 is 1.21 bits per heavy atom. The lowest BCUT2D eigenvalue weighted by Crippen LogP contribution is -2.51. The molecule has 3 atom stereocenters. The molecule has 0 bridgehead atoms. The Labute approximate surface area is 233 Å². The van der Waals surface area contributed by atoms with Gasteiger partial charge in [0.05, 0.1) is 23.3 Å². The van der Waals surface area contributed by atoms with E-state index in [0.717, 1.165) is 34.3 Å². The first-order valence-corrected chi connectivity index (χ1v) is 14.9. The summed E-state index contributed by atoms with van der Waals surface area (Å²) in [7, 11) is 0. The summed E-state index contributed by atoms with van der Waals surface area (Å²) in [6.07, 6.45) is 0.907. The number of aliphatic hydroxyl groups is 1. The molecule has 1 amide bonds. The number of benzene rings is 2. The highest BCUT2D eigenvalue weighted by Crippen LogP contribution is 2.38. The number of aryl methyl sites for hydroxylation is 1. The van der Waals surface area contributed by atoms with Crippen LogP contribution in [0, 0.1) is 0 Å². The van der Waals surface area contributed by atoms with Gasteiger partial charge in [0.15, 0.2) is 0 Å². The molecule has 9 heteroatoms. The molecule has 0 saturated heterocycles. The molecule has 39 heavy (non-hydrogen) atoms. The highest BCUT2D eigenvalue weighted by atomic mass is 32.2. The van der Waals surface area contributed by atoms with Gasteiger partial charge in [-0.1, -0.05) is 55.3 Å². The van der Waals surface area contributed by atoms with Crippen molar-refractivity contribution in [1.29, 1.82) is 0 Å². The number of alkyl halides is 2. The van der Waals surface area contributed by atoms with E-state index in [4.69, 9.17) is 0 Å². The van der Waals surface area contributed by atoms with Crippen molar-refractivity contribution in [1.82, 2.24) is 15.2 Å². The van der Waals surface area contributed by atoms with Gasteiger partial charge in [-0.15, -0.1) is 0 Å². The Morgan fingerprint density at radius 3 is 2.67 bits per heavy atom. The molecule has 3 aromatic rings. The van der Waals surface area contributed by atoms with Crippen LogP contribution in [0.15, 0.2) is 48.5 Å². The predicted molar refractivity (Wildman–Crippen MR) is 155 cm³/mol. The second kappa shape index (κ2) is 11.9. The lowest BCUT2D eigenvalue weighted by atomic mass is 9.92. The van der Waals surface area contributed by atoms with Gasteiger partial charge >= 0.3 is 0 Å². The number of hydrogen-bond acceptors (Lipinski definition) is 5. The summed E-state index contributed by atoms with van der Waals surface area (Å²) in [5.41, 5.74) is 4.80. The summed E-state index contributed by atoms with van der Waals surface area (Å²) in [6.45, 7) is 4.45. The fourth-order valence-corrected chi connectivity index (χ4v) is 6.60. The Morgan fingerprint density at radius 2 is 1.95 bits per heavy atom. The van der Waals surface area contributed by atoms with Crippen LogP contribution in [0.1, 0.15) is 67.2 Å². The van der Waals surface area contributed by atoms with Gasteiger partial charge in [-0.05, 0) is 55.9 Å². The third kappa shape index (κ3) is 6.26. The molecule has 1 unspecified atom stereocenters. The van der Waals surface area contributed by atoms with E-state index in [0.29, 0.717) is 25.0 Å². The number of anilines is 1. The Balaban J connectivity index is 1.39. The van der Waals surface area contributed by atoms with Crippen LogP contribution in [0.5, 0.6) is 0 Å². The molecule has 2 aromatic carbocycles. The number of hydrogen-bond donors (Lipinski definition) is 4. The molecule has 1 fully saturated rings. The Bertz CT molecular complexity index is 1290. The van der Waals surface area contributed by atoms with Gasteiger partial charge in [0.2, 0.25) is 5.92 Å². The maximum absolute atomic E-state index is 13.9. The lowest BCUT2D eigenvalue weighted by Gasteiger charge is -2.31. The van der Waals surface area contributed by atoms with Crippen molar-refractivity contribution in [2.24, 2.45) is 0 Å². The van der Waals surface area contributed by atoms with E-state index >= 15 is 0 Å². The number of aliphatic hydroxyl groups excluding tert-OH is 1. The first-order chi connectivity index (χ1) is 18.8. The number of carbonyl (C=O) groups excluding carboxylic acids is 1. The lowest BCUT2D eigenvalue weighted by molar-refractivity contribution is -0.0412. The molecule has 1 saturated carbocycles. The van der Waals surface area contributed by atoms with Crippen LogP contribution in [0.25, 0.3) is 10.9 Å². The van der Waals surface area contributed by atoms with Crippen molar-refractivity contribution >= 4 is 34.4 Å². The van der Waals surface area contributed by atoms with Crippen LogP contribution in [0.3, 0.4) is 0 Å². The van der Waals surface area contributed by atoms with Crippen molar-refractivity contribution in [3.8, 4) is 0 Å². The fourth-order valence-electron chi connectivity index (χ4n) is 5.80. The second-order valence-corrected chi connectivity index (χ2v) is 11.8. The number of aromatic nitrogens is 1. The molecule has 5 rings (SSSR count). The zero-order valence-electron chi connectivity index (χ0n) is 22.6. The summed E-state index contributed by atoms with van der Waals surface area (Å²) in [4.78, 5) is 13.9. The molecule has 1 aromatic heterocycles. The SMILES string of the molecule is CCc1ccc2c3c1cc(C(=O)N[C@@H](Cc1ccccc1)[C@H](O)CNC1CCC(F)(F)CC1)n3C(C)CSN2. The number of amides is 1. The van der Waals surface area contributed by atoms with Crippen molar-refractivity contribution in [3.63, 3.8) is 0 Å². The minimum absolute atomic E-state index is 0.0618. The number of halogens is 2. The van der Waals surface area contributed by atoms with Crippen LogP contribution in [-0.4, -0.2) is 52.0 Å². The molecule has 210 valence electrons. The van der Waals surface area contributed by atoms with E-state index in [9.17, 15) is 18.7 Å². The molecule has 0 spiro atoms. The summed E-state index contributed by atoms with van der Waals surface area (Å²) in [5.74, 6) is -2.01. The monoisotopic (exact) mass is 556 g/mol. The summed E-state index contributed by atoms with van der Waals surface area (Å²) in [6, 6.07) is 15.4. The largest absolute Gasteiger partial charge is 0.390 e. The van der Waals surface area contributed by atoms with E-state index < -0.39 is 18.1 Å². The van der Waals surface area contributed by atoms with Gasteiger partial charge in [0, 0.05) is 42.6 Å². The molecule has 4 N–H and O–H groups in total. The molecule has 2 heterocycles. The maximum atomic E-state index is 13.9. The molecular weight excluding hydrogens is 518 g/mol. The molecule has 2 aliphatic rings. The number of nitrogens with one attached hydrogen (secondary N) is 3. The van der Waals surface area contributed by atoms with Gasteiger partial charge in [0.25, 0.3) is 5.91 Å². The topological polar surface area (TPSA) is 78.3 Å². The first kappa shape index (κ1) is 27.9. The van der Waals surface area contributed by atoms with E-state index in [1.54, 1.807) is 11.9 Å². The Kier molecular flexibility index (Phi) is 8.49. The first-order valence-electron chi connectivity index (χ1n) is 13.9. The van der Waals surface area contributed by atoms with Gasteiger partial charge in [-0.25, -0.2) is 8.78 Å². The van der Waals surface area contributed by atoms with Crippen molar-refractivity contribution in [3.05, 3.63) is 65.4 Å². The third-order valence-corrected chi connectivity index (χ3v) is 9.08. The molecular formula is C30H38F2N4O2S. The molecule has 1 aliphatic heterocycles. The maximum Gasteiger partial charge on any atom is 0.268 e. The standard InChI is InChI=1S/C30H38F2N4O2S/c1-3-21-9-10-24-28-23(21)16-26(36(28)19(2)18-39-35-24)29(38)34-25(15-20-7-5-4-6-8-20)27(37)17-33-22-11-13-30(31,32)14-12-22/h4-10,16,19,22,25,27,33,35,37H,3,11-15,17-18H2,1-2H3,(H,34,38)/t19?,25-,27+/m0/s1. The quantitative estimate of drug-likeness (QED) is 0.254. The summed E-state index contributed by atoms with van der Waals surface area (Å²) in [5, 5.41) is 18.7. The van der Waals surface area contributed by atoms with Gasteiger partial charge in [-0.2, -0.15) is 0 Å². The second-order valence-electron chi connectivity index (χ2n) is 10.9. The van der Waals surface area contributed by atoms with Crippen LogP contribution in [0.4, 0.5) is 14.5 Å². The number of nitrogens with zero attached hydrogens (tertiary/aromatic N) is 1. The molecule has 6 nitrogen and oxygen atoms in total. The summed E-state index contributed by atoms with van der Waals surface area (Å²) < 4.78 is 32.7. The average molecular weight is 557 g/mol. The predicted octanol–water partition coefficient (Wildman–Crippen LogP) is 5.71. The van der Waals surface area contributed by atoms with E-state index in [2.05, 4.69) is 45.9 Å². The highest BCUT2D eigenvalue weighted by Gasteiger charge is 2.35. The summed E-state index contributed by atoms with van der Waals surface area (Å²) >= 11 is 1.63. The fraction of sp³-hybridized carbons (Fsp3) is 0.500. The van der Waals surface area contributed by atoms with E-state index in [1.807, 2.05) is 36.4 Å². The van der Waals surface area contributed by atoms with Crippen LogP contribution < -0.4 is 15.4 Å². The average Bonchev–Trinajstić information content (AvgIpc) is 3.26. The number of carbonyl (C=O) groups is 1. The smallest absolute Gasteiger partial charge is 0.268 e. The molecule has 1 aliphatic carbocycles. The number of rotatable bonds is 9. The van der Waals surface area contributed by atoms with Crippen LogP contribution in [0.2, 0.25) is 0 Å². The van der Waals surface area contributed by atoms with Gasteiger partial charge in [0.1, 0.15) is 5.69 Å². The zero-order chi connectivity index (χ0) is 27.6. The zero-order valence-corrected chi connectivity index (χ0v) is 23.4. The minimum Gasteiger partial charge on any atom is -0.390 e. The van der Waals surface area contributed by atoms with E-state index in [1.165, 1.54) is 5.56 Å². The van der Waals surface area contributed by atoms with Gasteiger partial charge in [-0.3, -0.25) is 4.79 Å². The van der Waals surface area contributed by atoms with Crippen LogP contribution in [-0.2, 0) is 12.8 Å². The third-order valence-electron chi connectivity index (χ3n) is 8.06. The highest BCUT2D eigenvalue weighted by molar-refractivity contribution is 8.00. The van der Waals surface area contributed by atoms with Crippen LogP contribution >= 0.6 is 11.9 Å². The Hall–Kier alpha value is -2.62. The normalized spacial score (nSPS) is 20.7. The minimum atomic E-state index is -2.59. The van der Waals surface area contributed by atoms with Crippen molar-refractivity contribution in [2.75, 3.05) is 17.0 Å². The molecule has 0 radical (unpaired) electrons. The van der Waals surface area contributed by atoms with Gasteiger partial charge < -0.3 is 25.0 Å². The van der Waals surface area contributed by atoms with E-state index in [-0.39, 0.29) is 37.4 Å². The van der Waals surface area contributed by atoms with Crippen molar-refractivity contribution in [2.45, 2.75) is 82.5 Å².